The highest BCUT2D eigenvalue weighted by molar-refractivity contribution is 5.85. The molecule has 0 bridgehead atoms. The Kier molecular flexibility index (Phi) is 7.91. The van der Waals surface area contributed by atoms with Crippen LogP contribution in [0.4, 0.5) is 0 Å². The van der Waals surface area contributed by atoms with Gasteiger partial charge in [0, 0.05) is 13.1 Å². The highest BCUT2D eigenvalue weighted by atomic mass is 35.5. The van der Waals surface area contributed by atoms with E-state index in [0.717, 1.165) is 24.6 Å². The van der Waals surface area contributed by atoms with E-state index in [1.54, 1.807) is 7.11 Å². The molecule has 0 atom stereocenters. The summed E-state index contributed by atoms with van der Waals surface area (Å²) in [6, 6.07) is 16.0. The van der Waals surface area contributed by atoms with Gasteiger partial charge in [-0.1, -0.05) is 30.2 Å². The van der Waals surface area contributed by atoms with Gasteiger partial charge in [0.2, 0.25) is 0 Å². The van der Waals surface area contributed by atoms with Gasteiger partial charge in [0.1, 0.15) is 18.1 Å². The number of halogens is 1. The summed E-state index contributed by atoms with van der Waals surface area (Å²) in [5.41, 5.74) is 2.43. The molecule has 0 saturated heterocycles. The van der Waals surface area contributed by atoms with Crippen LogP contribution in [0.3, 0.4) is 0 Å². The Balaban J connectivity index is 0.00000242. The third-order valence-electron chi connectivity index (χ3n) is 3.06. The molecule has 0 radical (unpaired) electrons. The number of ether oxygens (including phenoxy) is 2. The van der Waals surface area contributed by atoms with Crippen molar-refractivity contribution in [1.82, 2.24) is 5.32 Å². The average Bonchev–Trinajstić information content (AvgIpc) is 2.55. The molecule has 0 heterocycles. The van der Waals surface area contributed by atoms with Gasteiger partial charge in [0.15, 0.2) is 0 Å². The van der Waals surface area contributed by atoms with Crippen LogP contribution in [0.25, 0.3) is 0 Å². The molecule has 22 heavy (non-hydrogen) atoms. The Morgan fingerprint density at radius 3 is 1.86 bits per heavy atom. The highest BCUT2D eigenvalue weighted by Crippen LogP contribution is 2.13. The van der Waals surface area contributed by atoms with E-state index in [2.05, 4.69) is 23.4 Å². The van der Waals surface area contributed by atoms with Crippen molar-refractivity contribution in [3.63, 3.8) is 0 Å². The number of benzene rings is 2. The molecule has 0 aliphatic rings. The van der Waals surface area contributed by atoms with Crippen LogP contribution < -0.4 is 14.8 Å². The van der Waals surface area contributed by atoms with Crippen LogP contribution in [0.5, 0.6) is 11.5 Å². The van der Waals surface area contributed by atoms with Crippen molar-refractivity contribution < 1.29 is 9.47 Å². The maximum absolute atomic E-state index is 5.34. The van der Waals surface area contributed by atoms with Crippen LogP contribution in [0.2, 0.25) is 0 Å². The zero-order chi connectivity index (χ0) is 14.9. The maximum atomic E-state index is 5.34. The van der Waals surface area contributed by atoms with E-state index in [1.807, 2.05) is 36.4 Å². The molecule has 0 amide bonds. The monoisotopic (exact) mass is 317 g/mol. The average molecular weight is 318 g/mol. The zero-order valence-corrected chi connectivity index (χ0v) is 13.4. The maximum Gasteiger partial charge on any atom is 0.148 e. The molecule has 116 valence electrons. The fourth-order valence-electron chi connectivity index (χ4n) is 1.92. The predicted octanol–water partition coefficient (Wildman–Crippen LogP) is 3.42. The number of nitrogens with one attached hydrogen (secondary N) is 1. The van der Waals surface area contributed by atoms with Crippen molar-refractivity contribution in [2.75, 3.05) is 13.7 Å². The van der Waals surface area contributed by atoms with Crippen molar-refractivity contribution >= 4 is 12.4 Å². The van der Waals surface area contributed by atoms with E-state index in [1.165, 1.54) is 11.1 Å². The number of terminal acetylenes is 1. The fraction of sp³-hybridized carbons (Fsp3) is 0.222. The van der Waals surface area contributed by atoms with Crippen LogP contribution in [-0.4, -0.2) is 13.7 Å². The third-order valence-corrected chi connectivity index (χ3v) is 3.06. The molecule has 0 spiro atoms. The summed E-state index contributed by atoms with van der Waals surface area (Å²) in [7, 11) is 1.67. The lowest BCUT2D eigenvalue weighted by Crippen LogP contribution is -2.12. The van der Waals surface area contributed by atoms with E-state index in [9.17, 15) is 0 Å². The smallest absolute Gasteiger partial charge is 0.148 e. The molecule has 0 aromatic heterocycles. The largest absolute Gasteiger partial charge is 0.497 e. The number of hydrogen-bond acceptors (Lipinski definition) is 3. The molecule has 2 rings (SSSR count). The summed E-state index contributed by atoms with van der Waals surface area (Å²) in [6.07, 6.45) is 5.15. The summed E-state index contributed by atoms with van der Waals surface area (Å²) in [5, 5.41) is 3.40. The molecule has 2 aromatic rings. The van der Waals surface area contributed by atoms with Gasteiger partial charge in [0.25, 0.3) is 0 Å². The first-order valence-electron chi connectivity index (χ1n) is 6.80. The molecule has 0 aliphatic heterocycles. The van der Waals surface area contributed by atoms with Gasteiger partial charge in [-0.3, -0.25) is 0 Å². The molecule has 4 heteroatoms. The second kappa shape index (κ2) is 9.73. The normalized spacial score (nSPS) is 9.45. The summed E-state index contributed by atoms with van der Waals surface area (Å²) < 4.78 is 10.5. The Morgan fingerprint density at radius 2 is 1.41 bits per heavy atom. The summed E-state index contributed by atoms with van der Waals surface area (Å²) in [5.74, 6) is 4.12. The van der Waals surface area contributed by atoms with Gasteiger partial charge in [-0.25, -0.2) is 0 Å². The Bertz CT molecular complexity index is 588. The van der Waals surface area contributed by atoms with Gasteiger partial charge in [0.05, 0.1) is 7.11 Å². The number of hydrogen-bond donors (Lipinski definition) is 1. The summed E-state index contributed by atoms with van der Waals surface area (Å²) in [4.78, 5) is 0. The van der Waals surface area contributed by atoms with Crippen molar-refractivity contribution in [3.8, 4) is 23.8 Å². The minimum absolute atomic E-state index is 0. The van der Waals surface area contributed by atoms with Gasteiger partial charge in [-0.05, 0) is 35.4 Å². The Morgan fingerprint density at radius 1 is 0.909 bits per heavy atom. The SMILES string of the molecule is C#CCOc1ccc(CNCc2ccc(OC)cc2)cc1.Cl. The van der Waals surface area contributed by atoms with Gasteiger partial charge < -0.3 is 14.8 Å². The first-order chi connectivity index (χ1) is 10.3. The molecule has 2 aromatic carbocycles. The van der Waals surface area contributed by atoms with E-state index in [0.29, 0.717) is 6.61 Å². The molecule has 0 aliphatic carbocycles. The van der Waals surface area contributed by atoms with Gasteiger partial charge in [-0.15, -0.1) is 18.8 Å². The van der Waals surface area contributed by atoms with Crippen LogP contribution in [0.15, 0.2) is 48.5 Å². The zero-order valence-electron chi connectivity index (χ0n) is 12.5. The lowest BCUT2D eigenvalue weighted by molar-refractivity contribution is 0.370. The lowest BCUT2D eigenvalue weighted by Gasteiger charge is -2.07. The van der Waals surface area contributed by atoms with Crippen LogP contribution >= 0.6 is 12.4 Å². The second-order valence-corrected chi connectivity index (χ2v) is 4.59. The first-order valence-corrected chi connectivity index (χ1v) is 6.80. The standard InChI is InChI=1S/C18H19NO2.ClH/c1-3-12-21-18-10-6-16(7-11-18)14-19-13-15-4-8-17(20-2)9-5-15;/h1,4-11,19H,12-14H2,2H3;1H. The number of methoxy groups -OCH3 is 1. The van der Waals surface area contributed by atoms with Crippen LogP contribution in [-0.2, 0) is 13.1 Å². The molecular formula is C18H20ClNO2. The first kappa shape index (κ1) is 17.9. The third kappa shape index (κ3) is 5.69. The predicted molar refractivity (Wildman–Crippen MR) is 91.6 cm³/mol. The Labute approximate surface area is 138 Å². The van der Waals surface area contributed by atoms with Crippen molar-refractivity contribution in [2.24, 2.45) is 0 Å². The van der Waals surface area contributed by atoms with Crippen LogP contribution in [0, 0.1) is 12.3 Å². The molecule has 3 nitrogen and oxygen atoms in total. The van der Waals surface area contributed by atoms with Crippen molar-refractivity contribution in [1.29, 1.82) is 0 Å². The molecule has 1 N–H and O–H groups in total. The van der Waals surface area contributed by atoms with Crippen molar-refractivity contribution in [2.45, 2.75) is 13.1 Å². The number of rotatable bonds is 7. The second-order valence-electron chi connectivity index (χ2n) is 4.59. The fourth-order valence-corrected chi connectivity index (χ4v) is 1.92. The van der Waals surface area contributed by atoms with Gasteiger partial charge in [-0.2, -0.15) is 0 Å². The van der Waals surface area contributed by atoms with E-state index in [-0.39, 0.29) is 12.4 Å². The summed E-state index contributed by atoms with van der Waals surface area (Å²) in [6.45, 7) is 1.93. The molecule has 0 unspecified atom stereocenters. The molecule has 0 saturated carbocycles. The molecule has 0 fully saturated rings. The minimum atomic E-state index is 0. The Hall–Kier alpha value is -2.15. The van der Waals surface area contributed by atoms with Gasteiger partial charge >= 0.3 is 0 Å². The van der Waals surface area contributed by atoms with E-state index < -0.39 is 0 Å². The topological polar surface area (TPSA) is 30.5 Å². The van der Waals surface area contributed by atoms with E-state index in [4.69, 9.17) is 15.9 Å². The highest BCUT2D eigenvalue weighted by Gasteiger charge is 1.97. The lowest BCUT2D eigenvalue weighted by atomic mass is 10.2. The van der Waals surface area contributed by atoms with E-state index >= 15 is 0 Å². The quantitative estimate of drug-likeness (QED) is 0.794. The summed E-state index contributed by atoms with van der Waals surface area (Å²) >= 11 is 0. The minimum Gasteiger partial charge on any atom is -0.497 e. The van der Waals surface area contributed by atoms with Crippen molar-refractivity contribution in [3.05, 3.63) is 59.7 Å². The molecular weight excluding hydrogens is 298 g/mol. The van der Waals surface area contributed by atoms with Crippen LogP contribution in [0.1, 0.15) is 11.1 Å².